The molecule has 1 aliphatic rings. The van der Waals surface area contributed by atoms with Gasteiger partial charge in [0.05, 0.1) is 5.56 Å². The maximum atomic E-state index is 13.8. The van der Waals surface area contributed by atoms with E-state index in [1.165, 1.54) is 12.5 Å². The molecule has 1 amide bonds. The Bertz CT molecular complexity index is 455. The van der Waals surface area contributed by atoms with Crippen molar-refractivity contribution in [2.75, 3.05) is 12.3 Å². The second kappa shape index (κ2) is 5.31. The van der Waals surface area contributed by atoms with E-state index in [4.69, 9.17) is 0 Å². The summed E-state index contributed by atoms with van der Waals surface area (Å²) in [6, 6.07) is 4.90. The van der Waals surface area contributed by atoms with Crippen molar-refractivity contribution < 1.29 is 9.18 Å². The van der Waals surface area contributed by atoms with Crippen LogP contribution in [0.2, 0.25) is 0 Å². The number of hydrogen-bond acceptors (Lipinski definition) is 2. The molecule has 1 aromatic carbocycles. The molecule has 2 nitrogen and oxygen atoms in total. The Balaban J connectivity index is 2.01. The van der Waals surface area contributed by atoms with Crippen LogP contribution in [0.15, 0.2) is 18.2 Å². The van der Waals surface area contributed by atoms with E-state index in [1.807, 2.05) is 11.8 Å². The molecule has 1 heterocycles. The van der Waals surface area contributed by atoms with E-state index in [-0.39, 0.29) is 16.2 Å². The molecule has 1 aliphatic heterocycles. The number of amides is 1. The van der Waals surface area contributed by atoms with Crippen molar-refractivity contribution in [3.05, 3.63) is 35.1 Å². The van der Waals surface area contributed by atoms with Gasteiger partial charge in [0.15, 0.2) is 0 Å². The van der Waals surface area contributed by atoms with Gasteiger partial charge in [-0.25, -0.2) is 4.39 Å². The Labute approximate surface area is 111 Å². The van der Waals surface area contributed by atoms with Crippen LogP contribution in [0.4, 0.5) is 4.39 Å². The third-order valence-corrected chi connectivity index (χ3v) is 4.90. The number of thioether (sulfide) groups is 1. The summed E-state index contributed by atoms with van der Waals surface area (Å²) in [5, 5.41) is 2.85. The summed E-state index contributed by atoms with van der Waals surface area (Å²) in [4.78, 5) is 12.0. The summed E-state index contributed by atoms with van der Waals surface area (Å²) in [6.07, 6.45) is 2.30. The Morgan fingerprint density at radius 3 is 3.00 bits per heavy atom. The summed E-state index contributed by atoms with van der Waals surface area (Å²) in [5.41, 5.74) is 0.644. The van der Waals surface area contributed by atoms with Gasteiger partial charge in [-0.15, -0.1) is 0 Å². The maximum Gasteiger partial charge on any atom is 0.254 e. The van der Waals surface area contributed by atoms with Gasteiger partial charge in [0, 0.05) is 11.3 Å². The lowest BCUT2D eigenvalue weighted by Gasteiger charge is -2.22. The maximum absolute atomic E-state index is 13.8. The van der Waals surface area contributed by atoms with E-state index >= 15 is 0 Å². The Morgan fingerprint density at radius 1 is 1.56 bits per heavy atom. The average Bonchev–Trinajstić information content (AvgIpc) is 2.77. The number of carbonyl (C=O) groups is 1. The summed E-state index contributed by atoms with van der Waals surface area (Å²) >= 11 is 1.88. The Morgan fingerprint density at radius 2 is 2.33 bits per heavy atom. The van der Waals surface area contributed by atoms with Crippen molar-refractivity contribution >= 4 is 17.7 Å². The fourth-order valence-corrected chi connectivity index (χ4v) is 3.41. The predicted octanol–water partition coefficient (Wildman–Crippen LogP) is 3.15. The number of halogens is 1. The van der Waals surface area contributed by atoms with Gasteiger partial charge in [-0.1, -0.05) is 12.1 Å². The third kappa shape index (κ3) is 2.86. The molecule has 0 radical (unpaired) electrons. The SMILES string of the molecule is Cc1cccc(C(=O)NCC2(C)CCCS2)c1F. The highest BCUT2D eigenvalue weighted by Crippen LogP contribution is 2.37. The highest BCUT2D eigenvalue weighted by molar-refractivity contribution is 8.00. The van der Waals surface area contributed by atoms with Gasteiger partial charge < -0.3 is 5.32 Å². The molecule has 1 fully saturated rings. The molecule has 1 saturated heterocycles. The van der Waals surface area contributed by atoms with Crippen LogP contribution in [0.25, 0.3) is 0 Å². The Kier molecular flexibility index (Phi) is 3.95. The number of hydrogen-bond donors (Lipinski definition) is 1. The minimum absolute atomic E-state index is 0.107. The Hall–Kier alpha value is -1.03. The lowest BCUT2D eigenvalue weighted by molar-refractivity contribution is 0.0945. The van der Waals surface area contributed by atoms with E-state index < -0.39 is 5.82 Å². The van der Waals surface area contributed by atoms with Gasteiger partial charge in [0.2, 0.25) is 0 Å². The van der Waals surface area contributed by atoms with E-state index in [2.05, 4.69) is 12.2 Å². The van der Waals surface area contributed by atoms with Crippen LogP contribution in [0.5, 0.6) is 0 Å². The van der Waals surface area contributed by atoms with Crippen LogP contribution in [0.3, 0.4) is 0 Å². The van der Waals surface area contributed by atoms with Crippen LogP contribution < -0.4 is 5.32 Å². The molecular formula is C14H18FNOS. The van der Waals surface area contributed by atoms with E-state index in [9.17, 15) is 9.18 Å². The number of carbonyl (C=O) groups excluding carboxylic acids is 1. The van der Waals surface area contributed by atoms with Gasteiger partial charge in [-0.2, -0.15) is 11.8 Å². The number of benzene rings is 1. The van der Waals surface area contributed by atoms with Crippen LogP contribution in [-0.4, -0.2) is 23.0 Å². The van der Waals surface area contributed by atoms with Crippen LogP contribution >= 0.6 is 11.8 Å². The van der Waals surface area contributed by atoms with E-state index in [1.54, 1.807) is 19.1 Å². The largest absolute Gasteiger partial charge is 0.351 e. The topological polar surface area (TPSA) is 29.1 Å². The standard InChI is InChI=1S/C14H18FNOS/c1-10-5-3-6-11(12(10)15)13(17)16-9-14(2)7-4-8-18-14/h3,5-6H,4,7-9H2,1-2H3,(H,16,17). The van der Waals surface area contributed by atoms with Gasteiger partial charge in [0.25, 0.3) is 5.91 Å². The predicted molar refractivity (Wildman–Crippen MR) is 73.6 cm³/mol. The molecule has 0 aromatic heterocycles. The fourth-order valence-electron chi connectivity index (χ4n) is 2.16. The van der Waals surface area contributed by atoms with Crippen molar-refractivity contribution in [2.24, 2.45) is 0 Å². The molecule has 4 heteroatoms. The first-order chi connectivity index (χ1) is 8.52. The van der Waals surface area contributed by atoms with Crippen molar-refractivity contribution in [2.45, 2.75) is 31.4 Å². The number of rotatable bonds is 3. The molecule has 1 aromatic rings. The molecule has 0 bridgehead atoms. The molecule has 18 heavy (non-hydrogen) atoms. The lowest BCUT2D eigenvalue weighted by atomic mass is 10.1. The molecular weight excluding hydrogens is 249 g/mol. The third-order valence-electron chi connectivity index (χ3n) is 3.36. The smallest absolute Gasteiger partial charge is 0.254 e. The van der Waals surface area contributed by atoms with E-state index in [0.29, 0.717) is 12.1 Å². The molecule has 0 aliphatic carbocycles. The highest BCUT2D eigenvalue weighted by Gasteiger charge is 2.30. The van der Waals surface area contributed by atoms with Gasteiger partial charge in [0.1, 0.15) is 5.82 Å². The van der Waals surface area contributed by atoms with Crippen LogP contribution in [0.1, 0.15) is 35.7 Å². The molecule has 1 N–H and O–H groups in total. The monoisotopic (exact) mass is 267 g/mol. The minimum Gasteiger partial charge on any atom is -0.351 e. The number of nitrogens with one attached hydrogen (secondary N) is 1. The molecule has 2 rings (SSSR count). The van der Waals surface area contributed by atoms with Gasteiger partial charge in [-0.3, -0.25) is 4.79 Å². The van der Waals surface area contributed by atoms with Gasteiger partial charge >= 0.3 is 0 Å². The molecule has 1 atom stereocenters. The second-order valence-electron chi connectivity index (χ2n) is 5.02. The fraction of sp³-hybridized carbons (Fsp3) is 0.500. The quantitative estimate of drug-likeness (QED) is 0.911. The van der Waals surface area contributed by atoms with Crippen molar-refractivity contribution in [1.29, 1.82) is 0 Å². The summed E-state index contributed by atoms with van der Waals surface area (Å²) < 4.78 is 13.9. The van der Waals surface area contributed by atoms with Crippen molar-refractivity contribution in [3.63, 3.8) is 0 Å². The first kappa shape index (κ1) is 13.4. The van der Waals surface area contributed by atoms with Crippen LogP contribution in [0, 0.1) is 12.7 Å². The highest BCUT2D eigenvalue weighted by atomic mass is 32.2. The minimum atomic E-state index is -0.417. The van der Waals surface area contributed by atoms with E-state index in [0.717, 1.165) is 12.2 Å². The second-order valence-corrected chi connectivity index (χ2v) is 6.70. The normalized spacial score (nSPS) is 23.1. The lowest BCUT2D eigenvalue weighted by Crippen LogP contribution is -2.37. The van der Waals surface area contributed by atoms with Gasteiger partial charge in [-0.05, 0) is 44.1 Å². The molecule has 0 saturated carbocycles. The summed E-state index contributed by atoms with van der Waals surface area (Å²) in [5.74, 6) is 0.412. The molecule has 1 unspecified atom stereocenters. The van der Waals surface area contributed by atoms with Crippen molar-refractivity contribution in [1.82, 2.24) is 5.32 Å². The summed E-state index contributed by atoms with van der Waals surface area (Å²) in [7, 11) is 0. The first-order valence-corrected chi connectivity index (χ1v) is 7.18. The summed E-state index contributed by atoms with van der Waals surface area (Å²) in [6.45, 7) is 4.42. The number of aryl methyl sites for hydroxylation is 1. The zero-order valence-electron chi connectivity index (χ0n) is 10.8. The molecule has 98 valence electrons. The van der Waals surface area contributed by atoms with Crippen molar-refractivity contribution in [3.8, 4) is 0 Å². The zero-order chi connectivity index (χ0) is 13.2. The zero-order valence-corrected chi connectivity index (χ0v) is 11.6. The molecule has 0 spiro atoms. The first-order valence-electron chi connectivity index (χ1n) is 6.19. The average molecular weight is 267 g/mol. The van der Waals surface area contributed by atoms with Crippen LogP contribution in [-0.2, 0) is 0 Å².